The van der Waals surface area contributed by atoms with E-state index in [1.54, 1.807) is 30.6 Å². The molecule has 0 atom stereocenters. The van der Waals surface area contributed by atoms with Gasteiger partial charge in [0.1, 0.15) is 17.2 Å². The second-order valence-corrected chi connectivity index (χ2v) is 8.19. The van der Waals surface area contributed by atoms with Crippen molar-refractivity contribution < 1.29 is 28.0 Å². The molecule has 2 aromatic heterocycles. The van der Waals surface area contributed by atoms with Crippen LogP contribution in [0.5, 0.6) is 5.88 Å². The summed E-state index contributed by atoms with van der Waals surface area (Å²) >= 11 is 0. The van der Waals surface area contributed by atoms with Crippen molar-refractivity contribution in [3.8, 4) is 11.6 Å². The van der Waals surface area contributed by atoms with Crippen LogP contribution >= 0.6 is 0 Å². The Labute approximate surface area is 205 Å². The zero-order valence-electron chi connectivity index (χ0n) is 19.2. The molecule has 0 saturated heterocycles. The Morgan fingerprint density at radius 3 is 2.03 bits per heavy atom. The van der Waals surface area contributed by atoms with Crippen molar-refractivity contribution in [2.45, 2.75) is 19.8 Å². The van der Waals surface area contributed by atoms with Crippen molar-refractivity contribution in [1.29, 1.82) is 0 Å². The van der Waals surface area contributed by atoms with Crippen molar-refractivity contribution in [3.05, 3.63) is 102 Å². The van der Waals surface area contributed by atoms with Crippen molar-refractivity contribution in [2.75, 3.05) is 4.90 Å². The summed E-state index contributed by atoms with van der Waals surface area (Å²) in [5, 5.41) is 18.1. The van der Waals surface area contributed by atoms with Crippen LogP contribution in [0.15, 0.2) is 79.1 Å². The number of pyridine rings is 1. The molecule has 0 unspecified atom stereocenters. The predicted molar refractivity (Wildman–Crippen MR) is 126 cm³/mol. The van der Waals surface area contributed by atoms with Gasteiger partial charge in [0.25, 0.3) is 11.6 Å². The summed E-state index contributed by atoms with van der Waals surface area (Å²) in [7, 11) is 0. The molecule has 0 bridgehead atoms. The summed E-state index contributed by atoms with van der Waals surface area (Å²) in [6.07, 6.45) is 4.19. The van der Waals surface area contributed by atoms with E-state index in [1.807, 2.05) is 6.92 Å². The standard InChI is InChI=1S/C27H20F2N4O3/c1-2-6-21-22(26(35)33(30-21)20-13-9-18(29)10-14-20)23-24(31-15-4-3-5-16-31)27(36)32(25(23)34)19-11-7-17(28)8-12-19/h3-5,7-16H,2,6H2,1H3. The van der Waals surface area contributed by atoms with Crippen LogP contribution in [0.3, 0.4) is 0 Å². The summed E-state index contributed by atoms with van der Waals surface area (Å²) in [6, 6.07) is 15.3. The van der Waals surface area contributed by atoms with Gasteiger partial charge in [0, 0.05) is 17.7 Å². The smallest absolute Gasteiger partial charge is 0.331 e. The summed E-state index contributed by atoms with van der Waals surface area (Å²) in [5.74, 6) is -2.96. The van der Waals surface area contributed by atoms with Crippen molar-refractivity contribution in [2.24, 2.45) is 0 Å². The van der Waals surface area contributed by atoms with Gasteiger partial charge in [-0.15, -0.1) is 0 Å². The van der Waals surface area contributed by atoms with E-state index in [0.29, 0.717) is 24.2 Å². The average Bonchev–Trinajstić information content (AvgIpc) is 3.33. The van der Waals surface area contributed by atoms with E-state index < -0.39 is 29.3 Å². The van der Waals surface area contributed by atoms with Crippen molar-refractivity contribution in [1.82, 2.24) is 9.78 Å². The van der Waals surface area contributed by atoms with Crippen LogP contribution < -0.4 is 14.6 Å². The number of rotatable bonds is 6. The largest absolute Gasteiger partial charge is 0.858 e. The van der Waals surface area contributed by atoms with Gasteiger partial charge in [-0.2, -0.15) is 9.67 Å². The number of benzene rings is 2. The minimum atomic E-state index is -0.717. The third-order valence-electron chi connectivity index (χ3n) is 5.84. The predicted octanol–water partition coefficient (Wildman–Crippen LogP) is 3.41. The summed E-state index contributed by atoms with van der Waals surface area (Å²) in [6.45, 7) is 1.90. The minimum Gasteiger partial charge on any atom is -0.858 e. The van der Waals surface area contributed by atoms with E-state index in [9.17, 15) is 23.5 Å². The van der Waals surface area contributed by atoms with E-state index in [-0.39, 0.29) is 22.5 Å². The van der Waals surface area contributed by atoms with Gasteiger partial charge in [0.2, 0.25) is 0 Å². The Morgan fingerprint density at radius 1 is 0.861 bits per heavy atom. The molecule has 2 aromatic carbocycles. The molecule has 0 radical (unpaired) electrons. The number of nitrogens with zero attached hydrogens (tertiary/aromatic N) is 4. The number of aromatic nitrogens is 3. The van der Waals surface area contributed by atoms with Crippen LogP contribution in [-0.2, 0) is 16.0 Å². The third kappa shape index (κ3) is 3.84. The highest BCUT2D eigenvalue weighted by molar-refractivity contribution is 6.53. The van der Waals surface area contributed by atoms with E-state index in [0.717, 1.165) is 21.7 Å². The van der Waals surface area contributed by atoms with E-state index >= 15 is 0 Å². The van der Waals surface area contributed by atoms with E-state index in [2.05, 4.69) is 5.10 Å². The van der Waals surface area contributed by atoms with Gasteiger partial charge in [-0.1, -0.05) is 19.4 Å². The maximum absolute atomic E-state index is 13.8. The van der Waals surface area contributed by atoms with Crippen LogP contribution in [0.4, 0.5) is 14.5 Å². The lowest BCUT2D eigenvalue weighted by molar-refractivity contribution is -0.576. The molecule has 0 spiro atoms. The Balaban J connectivity index is 1.75. The molecule has 3 heterocycles. The number of imide groups is 1. The Hall–Kier alpha value is -4.66. The summed E-state index contributed by atoms with van der Waals surface area (Å²) in [4.78, 5) is 28.4. The lowest BCUT2D eigenvalue weighted by Gasteiger charge is -2.15. The number of halogens is 2. The first kappa shape index (κ1) is 23.1. The highest BCUT2D eigenvalue weighted by Gasteiger charge is 2.47. The molecular formula is C27H20F2N4O3. The molecule has 0 aliphatic carbocycles. The fourth-order valence-corrected chi connectivity index (χ4v) is 4.22. The first-order valence-electron chi connectivity index (χ1n) is 11.3. The van der Waals surface area contributed by atoms with Crippen molar-refractivity contribution >= 4 is 28.8 Å². The van der Waals surface area contributed by atoms with Gasteiger partial charge in [0.05, 0.1) is 17.1 Å². The van der Waals surface area contributed by atoms with Crippen LogP contribution in [0.1, 0.15) is 24.6 Å². The van der Waals surface area contributed by atoms with Crippen molar-refractivity contribution in [3.63, 3.8) is 0 Å². The molecule has 9 heteroatoms. The average molecular weight is 486 g/mol. The highest BCUT2D eigenvalue weighted by atomic mass is 19.1. The number of carbonyl (C=O) groups is 2. The number of hydrogen-bond donors (Lipinski definition) is 0. The Kier molecular flexibility index (Phi) is 5.89. The lowest BCUT2D eigenvalue weighted by Crippen LogP contribution is -2.39. The topological polar surface area (TPSA) is 82.1 Å². The molecule has 0 N–H and O–H groups in total. The van der Waals surface area contributed by atoms with Gasteiger partial charge in [0.15, 0.2) is 12.4 Å². The fraction of sp³-hybridized carbons (Fsp3) is 0.111. The number of carbonyl (C=O) groups excluding carboxylic acids is 2. The molecule has 180 valence electrons. The molecule has 5 rings (SSSR count). The fourth-order valence-electron chi connectivity index (χ4n) is 4.22. The monoisotopic (exact) mass is 486 g/mol. The quantitative estimate of drug-likeness (QED) is 0.309. The highest BCUT2D eigenvalue weighted by Crippen LogP contribution is 2.39. The number of amides is 2. The van der Waals surface area contributed by atoms with Gasteiger partial charge < -0.3 is 5.11 Å². The second kappa shape index (κ2) is 9.18. The number of aryl methyl sites for hydroxylation is 1. The molecule has 1 aliphatic rings. The van der Waals surface area contributed by atoms with Crippen LogP contribution in [-0.4, -0.2) is 21.6 Å². The normalized spacial score (nSPS) is 13.7. The van der Waals surface area contributed by atoms with Crippen LogP contribution in [0, 0.1) is 11.6 Å². The molecule has 7 nitrogen and oxygen atoms in total. The Bertz CT molecular complexity index is 1490. The summed E-state index contributed by atoms with van der Waals surface area (Å²) in [5.41, 5.74) is 0.742. The van der Waals surface area contributed by atoms with Gasteiger partial charge in [-0.05, 0) is 60.8 Å². The van der Waals surface area contributed by atoms with Crippen LogP contribution in [0.25, 0.3) is 17.0 Å². The molecule has 4 aromatic rings. The third-order valence-corrected chi connectivity index (χ3v) is 5.84. The summed E-state index contributed by atoms with van der Waals surface area (Å²) < 4.78 is 29.6. The molecule has 2 amide bonds. The second-order valence-electron chi connectivity index (χ2n) is 8.19. The van der Waals surface area contributed by atoms with Gasteiger partial charge >= 0.3 is 5.91 Å². The first-order valence-corrected chi connectivity index (χ1v) is 11.3. The van der Waals surface area contributed by atoms with Gasteiger partial charge in [-0.25, -0.2) is 18.4 Å². The molecule has 36 heavy (non-hydrogen) atoms. The maximum atomic E-state index is 13.8. The van der Waals surface area contributed by atoms with Gasteiger partial charge in [-0.3, -0.25) is 9.59 Å². The number of anilines is 1. The first-order chi connectivity index (χ1) is 17.4. The lowest BCUT2D eigenvalue weighted by atomic mass is 10.0. The van der Waals surface area contributed by atoms with E-state index in [4.69, 9.17) is 0 Å². The maximum Gasteiger partial charge on any atom is 0.331 e. The van der Waals surface area contributed by atoms with Crippen LogP contribution in [0.2, 0.25) is 0 Å². The number of hydrogen-bond acceptors (Lipinski definition) is 4. The molecule has 1 aliphatic heterocycles. The minimum absolute atomic E-state index is 0.00971. The molecular weight excluding hydrogens is 466 g/mol. The zero-order chi connectivity index (χ0) is 25.4. The molecule has 0 fully saturated rings. The molecule has 0 saturated carbocycles. The Morgan fingerprint density at radius 2 is 1.44 bits per heavy atom. The van der Waals surface area contributed by atoms with E-state index in [1.165, 1.54) is 41.0 Å². The SMILES string of the molecule is CCCc1nn(-c2ccc(F)cc2)c([O-])c1C1=C([n+]2ccccc2)C(=O)N(c2ccc(F)cc2)C1=O. The zero-order valence-corrected chi connectivity index (χ0v) is 19.2.